The van der Waals surface area contributed by atoms with E-state index < -0.39 is 36.4 Å². The number of alkyl halides is 3. The predicted molar refractivity (Wildman–Crippen MR) is 57.0 cm³/mol. The monoisotopic (exact) mass is 281 g/mol. The third-order valence-electron chi connectivity index (χ3n) is 2.88. The summed E-state index contributed by atoms with van der Waals surface area (Å²) in [5.74, 6) is -2.38. The number of nitrogens with one attached hydrogen (secondary N) is 1. The van der Waals surface area contributed by atoms with Gasteiger partial charge in [-0.1, -0.05) is 0 Å². The average molecular weight is 281 g/mol. The number of esters is 1. The molecule has 8 heteroatoms. The van der Waals surface area contributed by atoms with Gasteiger partial charge in [0.15, 0.2) is 5.41 Å². The maximum Gasteiger partial charge on any atom is 0.405 e. The predicted octanol–water partition coefficient (Wildman–Crippen LogP) is 0.967. The van der Waals surface area contributed by atoms with Gasteiger partial charge in [-0.15, -0.1) is 0 Å². The topological polar surface area (TPSA) is 72.5 Å². The number of hydrogen-bond donors (Lipinski definition) is 1. The highest BCUT2D eigenvalue weighted by atomic mass is 19.4. The fraction of sp³-hybridized carbons (Fsp3) is 0.727. The molecule has 0 aromatic heterocycles. The summed E-state index contributed by atoms with van der Waals surface area (Å²) in [5, 5.41) is 1.65. The molecule has 0 aliphatic heterocycles. The second-order valence-corrected chi connectivity index (χ2v) is 4.32. The van der Waals surface area contributed by atoms with Crippen molar-refractivity contribution in [2.75, 3.05) is 13.2 Å². The number of rotatable bonds is 4. The Morgan fingerprint density at radius 1 is 1.42 bits per heavy atom. The molecule has 1 amide bonds. The largest absolute Gasteiger partial charge is 0.465 e. The molecule has 0 saturated heterocycles. The van der Waals surface area contributed by atoms with Crippen LogP contribution < -0.4 is 5.32 Å². The standard InChI is InChI=1S/C11H14F3NO4/c1-2-19-9(18)10(4-3-7(16)5-10)8(17)15-6-11(12,13)14/h2-6H2,1H3,(H,15,17). The van der Waals surface area contributed by atoms with Gasteiger partial charge < -0.3 is 10.1 Å². The molecule has 1 aliphatic rings. The highest BCUT2D eigenvalue weighted by Gasteiger charge is 2.52. The number of amides is 1. The van der Waals surface area contributed by atoms with Gasteiger partial charge in [-0.2, -0.15) is 13.2 Å². The molecular weight excluding hydrogens is 267 g/mol. The molecule has 0 aromatic carbocycles. The summed E-state index contributed by atoms with van der Waals surface area (Å²) < 4.78 is 40.9. The van der Waals surface area contributed by atoms with E-state index in [0.717, 1.165) is 0 Å². The summed E-state index contributed by atoms with van der Waals surface area (Å²) in [7, 11) is 0. The molecule has 1 unspecified atom stereocenters. The van der Waals surface area contributed by atoms with Crippen LogP contribution in [0.15, 0.2) is 0 Å². The van der Waals surface area contributed by atoms with E-state index in [1.165, 1.54) is 6.92 Å². The van der Waals surface area contributed by atoms with Gasteiger partial charge in [0.05, 0.1) is 6.61 Å². The molecule has 0 aromatic rings. The van der Waals surface area contributed by atoms with Gasteiger partial charge in [-0.05, 0) is 13.3 Å². The van der Waals surface area contributed by atoms with E-state index >= 15 is 0 Å². The zero-order valence-electron chi connectivity index (χ0n) is 10.3. The molecule has 1 N–H and O–H groups in total. The maximum absolute atomic E-state index is 12.1. The van der Waals surface area contributed by atoms with E-state index in [1.54, 1.807) is 5.32 Å². The first-order valence-electron chi connectivity index (χ1n) is 5.75. The minimum Gasteiger partial charge on any atom is -0.465 e. The van der Waals surface area contributed by atoms with Crippen molar-refractivity contribution in [1.29, 1.82) is 0 Å². The molecule has 1 fully saturated rings. The lowest BCUT2D eigenvalue weighted by Gasteiger charge is -2.24. The molecule has 1 atom stereocenters. The van der Waals surface area contributed by atoms with Gasteiger partial charge in [0.25, 0.3) is 0 Å². The third kappa shape index (κ3) is 3.68. The van der Waals surface area contributed by atoms with Gasteiger partial charge in [0.2, 0.25) is 5.91 Å². The van der Waals surface area contributed by atoms with Crippen LogP contribution >= 0.6 is 0 Å². The van der Waals surface area contributed by atoms with Crippen molar-refractivity contribution in [2.24, 2.45) is 5.41 Å². The number of hydrogen-bond acceptors (Lipinski definition) is 4. The van der Waals surface area contributed by atoms with Crippen LogP contribution in [-0.4, -0.2) is 37.0 Å². The molecule has 0 heterocycles. The van der Waals surface area contributed by atoms with Gasteiger partial charge >= 0.3 is 12.1 Å². The molecule has 1 rings (SSSR count). The Morgan fingerprint density at radius 3 is 2.47 bits per heavy atom. The van der Waals surface area contributed by atoms with Crippen LogP contribution in [0.2, 0.25) is 0 Å². The first kappa shape index (κ1) is 15.5. The van der Waals surface area contributed by atoms with Crippen molar-refractivity contribution in [2.45, 2.75) is 32.4 Å². The van der Waals surface area contributed by atoms with E-state index in [2.05, 4.69) is 0 Å². The molecule has 1 saturated carbocycles. The summed E-state index contributed by atoms with van der Waals surface area (Å²) >= 11 is 0. The fourth-order valence-electron chi connectivity index (χ4n) is 1.95. The SMILES string of the molecule is CCOC(=O)C1(C(=O)NCC(F)(F)F)CCC(=O)C1. The van der Waals surface area contributed by atoms with Crippen molar-refractivity contribution in [3.63, 3.8) is 0 Å². The number of carbonyl (C=O) groups is 3. The van der Waals surface area contributed by atoms with E-state index in [0.29, 0.717) is 0 Å². The van der Waals surface area contributed by atoms with Crippen molar-refractivity contribution in [1.82, 2.24) is 5.32 Å². The van der Waals surface area contributed by atoms with Crippen LogP contribution in [0.3, 0.4) is 0 Å². The molecule has 1 aliphatic carbocycles. The van der Waals surface area contributed by atoms with Crippen LogP contribution in [0.1, 0.15) is 26.2 Å². The fourth-order valence-corrected chi connectivity index (χ4v) is 1.95. The molecule has 19 heavy (non-hydrogen) atoms. The Balaban J connectivity index is 2.83. The highest BCUT2D eigenvalue weighted by molar-refractivity contribution is 6.08. The summed E-state index contributed by atoms with van der Waals surface area (Å²) in [6, 6.07) is 0. The average Bonchev–Trinajstić information content (AvgIpc) is 2.69. The third-order valence-corrected chi connectivity index (χ3v) is 2.88. The Bertz CT molecular complexity index is 394. The Morgan fingerprint density at radius 2 is 2.05 bits per heavy atom. The van der Waals surface area contributed by atoms with Crippen molar-refractivity contribution in [3.8, 4) is 0 Å². The Kier molecular flexibility index (Phi) is 4.54. The maximum atomic E-state index is 12.1. The zero-order valence-corrected chi connectivity index (χ0v) is 10.3. The second kappa shape index (κ2) is 5.58. The van der Waals surface area contributed by atoms with E-state index in [-0.39, 0.29) is 25.2 Å². The smallest absolute Gasteiger partial charge is 0.405 e. The van der Waals surface area contributed by atoms with Crippen LogP contribution in [0.5, 0.6) is 0 Å². The second-order valence-electron chi connectivity index (χ2n) is 4.32. The Labute approximate surface area is 107 Å². The summed E-state index contributed by atoms with van der Waals surface area (Å²) in [4.78, 5) is 34.8. The molecular formula is C11H14F3NO4. The lowest BCUT2D eigenvalue weighted by Crippen LogP contribution is -2.48. The first-order valence-corrected chi connectivity index (χ1v) is 5.75. The molecule has 108 valence electrons. The molecule has 0 bridgehead atoms. The normalized spacial score (nSPS) is 23.3. The van der Waals surface area contributed by atoms with Crippen molar-refractivity contribution >= 4 is 17.7 Å². The Hall–Kier alpha value is -1.60. The molecule has 0 spiro atoms. The lowest BCUT2D eigenvalue weighted by atomic mass is 9.85. The minimum absolute atomic E-state index is 0.0126. The number of ketones is 1. The van der Waals surface area contributed by atoms with Crippen LogP contribution in [0.4, 0.5) is 13.2 Å². The summed E-state index contributed by atoms with van der Waals surface area (Å²) in [5.41, 5.74) is -1.81. The first-order chi connectivity index (χ1) is 8.71. The minimum atomic E-state index is -4.58. The number of halogens is 3. The summed E-state index contributed by atoms with van der Waals surface area (Å²) in [6.07, 6.45) is -5.11. The van der Waals surface area contributed by atoms with Gasteiger partial charge in [-0.25, -0.2) is 0 Å². The number of Topliss-reactive ketones (excluding diaryl/α,β-unsaturated/α-hetero) is 1. The van der Waals surface area contributed by atoms with Gasteiger partial charge in [0, 0.05) is 12.8 Å². The number of ether oxygens (including phenoxy) is 1. The molecule has 5 nitrogen and oxygen atoms in total. The van der Waals surface area contributed by atoms with Gasteiger partial charge in [-0.3, -0.25) is 14.4 Å². The van der Waals surface area contributed by atoms with E-state index in [9.17, 15) is 27.6 Å². The van der Waals surface area contributed by atoms with Crippen LogP contribution in [0, 0.1) is 5.41 Å². The van der Waals surface area contributed by atoms with E-state index in [4.69, 9.17) is 4.74 Å². The van der Waals surface area contributed by atoms with Crippen molar-refractivity contribution in [3.05, 3.63) is 0 Å². The molecule has 0 radical (unpaired) electrons. The van der Waals surface area contributed by atoms with Crippen LogP contribution in [-0.2, 0) is 19.1 Å². The summed E-state index contributed by atoms with van der Waals surface area (Å²) in [6.45, 7) is -0.0432. The zero-order chi connectivity index (χ0) is 14.7. The van der Waals surface area contributed by atoms with Gasteiger partial charge in [0.1, 0.15) is 12.3 Å². The van der Waals surface area contributed by atoms with E-state index in [1.807, 2.05) is 0 Å². The van der Waals surface area contributed by atoms with Crippen molar-refractivity contribution < 1.29 is 32.3 Å². The highest BCUT2D eigenvalue weighted by Crippen LogP contribution is 2.37. The lowest BCUT2D eigenvalue weighted by molar-refractivity contribution is -0.164. The quantitative estimate of drug-likeness (QED) is 0.615. The number of carbonyl (C=O) groups excluding carboxylic acids is 3. The van der Waals surface area contributed by atoms with Crippen LogP contribution in [0.25, 0.3) is 0 Å².